The number of aryl methyl sites for hydroxylation is 3. The molecule has 0 bridgehead atoms. The summed E-state index contributed by atoms with van der Waals surface area (Å²) in [6, 6.07) is 9.97. The highest BCUT2D eigenvalue weighted by molar-refractivity contribution is 7.80. The number of phenols is 1. The normalized spacial score (nSPS) is 17.0. The Kier molecular flexibility index (Phi) is 5.21. The first-order chi connectivity index (χ1) is 11.8. The van der Waals surface area contributed by atoms with Crippen LogP contribution in [0.1, 0.15) is 34.6 Å². The fourth-order valence-corrected chi connectivity index (χ4v) is 3.91. The largest absolute Gasteiger partial charge is 0.508 e. The number of hydrogen-bond donors (Lipinski definition) is 2. The molecule has 2 aromatic carbocycles. The molecule has 1 saturated heterocycles. The quantitative estimate of drug-likeness (QED) is 0.712. The Morgan fingerprint density at radius 3 is 2.52 bits per heavy atom. The number of thiocarbonyl (C=S) groups is 1. The number of likely N-dealkylation sites (tertiary alicyclic amines) is 1. The first-order valence-corrected chi connectivity index (χ1v) is 9.25. The lowest BCUT2D eigenvalue weighted by atomic mass is 9.96. The number of aromatic hydroxyl groups is 1. The van der Waals surface area contributed by atoms with E-state index in [4.69, 9.17) is 23.8 Å². The summed E-state index contributed by atoms with van der Waals surface area (Å²) < 4.78 is 0. The number of halogens is 1. The number of anilines is 1. The van der Waals surface area contributed by atoms with Gasteiger partial charge < -0.3 is 15.3 Å². The molecular weight excluding hydrogens is 352 g/mol. The summed E-state index contributed by atoms with van der Waals surface area (Å²) >= 11 is 11.7. The second-order valence-corrected chi connectivity index (χ2v) is 7.69. The summed E-state index contributed by atoms with van der Waals surface area (Å²) in [6.07, 6.45) is 0.962. The molecule has 0 aromatic heterocycles. The molecule has 2 aromatic rings. The van der Waals surface area contributed by atoms with Crippen molar-refractivity contribution in [1.29, 1.82) is 0 Å². The highest BCUT2D eigenvalue weighted by Crippen LogP contribution is 2.36. The molecule has 0 spiro atoms. The summed E-state index contributed by atoms with van der Waals surface area (Å²) in [5.74, 6) is 0.533. The number of phenolic OH excluding ortho intramolecular Hbond substituents is 1. The maximum absolute atomic E-state index is 10.2. The Morgan fingerprint density at radius 2 is 1.84 bits per heavy atom. The average Bonchev–Trinajstić information content (AvgIpc) is 2.99. The maximum atomic E-state index is 10.2. The lowest BCUT2D eigenvalue weighted by Crippen LogP contribution is -2.32. The first kappa shape index (κ1) is 18.0. The molecule has 2 N–H and O–H groups in total. The van der Waals surface area contributed by atoms with Gasteiger partial charge in [-0.1, -0.05) is 23.7 Å². The Labute approximate surface area is 159 Å². The number of hydrogen-bond acceptors (Lipinski definition) is 2. The molecule has 1 unspecified atom stereocenters. The van der Waals surface area contributed by atoms with Crippen LogP contribution < -0.4 is 5.32 Å². The van der Waals surface area contributed by atoms with E-state index in [1.165, 1.54) is 11.1 Å². The van der Waals surface area contributed by atoms with Gasteiger partial charge in [0, 0.05) is 29.7 Å². The molecule has 5 heteroatoms. The van der Waals surface area contributed by atoms with Gasteiger partial charge in [0.2, 0.25) is 0 Å². The third-order valence-electron chi connectivity index (χ3n) is 4.70. The van der Waals surface area contributed by atoms with E-state index >= 15 is 0 Å². The summed E-state index contributed by atoms with van der Waals surface area (Å²) in [7, 11) is 0. The third-order valence-corrected chi connectivity index (χ3v) is 5.46. The molecule has 1 aliphatic heterocycles. The average molecular weight is 375 g/mol. The van der Waals surface area contributed by atoms with Crippen LogP contribution in [-0.2, 0) is 0 Å². The Morgan fingerprint density at radius 1 is 1.16 bits per heavy atom. The number of nitrogens with zero attached hydrogens (tertiary/aromatic N) is 1. The van der Waals surface area contributed by atoms with Crippen LogP contribution in [0.2, 0.25) is 5.02 Å². The number of rotatable bonds is 2. The van der Waals surface area contributed by atoms with E-state index in [1.807, 2.05) is 13.0 Å². The molecule has 3 nitrogen and oxygen atoms in total. The van der Waals surface area contributed by atoms with Gasteiger partial charge in [-0.3, -0.25) is 0 Å². The van der Waals surface area contributed by atoms with Crippen molar-refractivity contribution in [3.8, 4) is 5.75 Å². The lowest BCUT2D eigenvalue weighted by Gasteiger charge is -2.21. The Balaban J connectivity index is 1.70. The predicted molar refractivity (Wildman–Crippen MR) is 109 cm³/mol. The minimum atomic E-state index is 0.259. The van der Waals surface area contributed by atoms with Gasteiger partial charge in [0.15, 0.2) is 5.11 Å². The molecular formula is C20H23ClN2OS. The molecule has 0 aliphatic carbocycles. The Hall–Kier alpha value is -1.78. The minimum absolute atomic E-state index is 0.259. The van der Waals surface area contributed by atoms with Crippen LogP contribution in [0.5, 0.6) is 5.75 Å². The predicted octanol–water partition coefficient (Wildman–Crippen LogP) is 5.16. The van der Waals surface area contributed by atoms with Gasteiger partial charge in [0.1, 0.15) is 5.75 Å². The van der Waals surface area contributed by atoms with Gasteiger partial charge in [0.05, 0.1) is 0 Å². The molecule has 1 atom stereocenters. The minimum Gasteiger partial charge on any atom is -0.508 e. The van der Waals surface area contributed by atoms with Gasteiger partial charge in [-0.15, -0.1) is 0 Å². The molecule has 132 valence electrons. The topological polar surface area (TPSA) is 35.5 Å². The zero-order valence-corrected chi connectivity index (χ0v) is 16.3. The standard InChI is InChI=1S/C20H23ClN2OS/c1-12-6-13(2)8-16(7-12)22-20(25)23-5-4-15(11-23)17-9-14(3)18(21)10-19(17)24/h6-10,15,24H,4-5,11H2,1-3H3,(H,22,25). The number of nitrogens with one attached hydrogen (secondary N) is 1. The van der Waals surface area contributed by atoms with Gasteiger partial charge in [-0.2, -0.15) is 0 Å². The summed E-state index contributed by atoms with van der Waals surface area (Å²) in [5, 5.41) is 14.9. The van der Waals surface area contributed by atoms with Crippen LogP contribution in [0.3, 0.4) is 0 Å². The molecule has 25 heavy (non-hydrogen) atoms. The molecule has 1 fully saturated rings. The van der Waals surface area contributed by atoms with Gasteiger partial charge in [-0.05, 0) is 79.9 Å². The molecule has 1 heterocycles. The molecule has 0 amide bonds. The van der Waals surface area contributed by atoms with E-state index in [9.17, 15) is 5.11 Å². The highest BCUT2D eigenvalue weighted by atomic mass is 35.5. The third kappa shape index (κ3) is 4.07. The van der Waals surface area contributed by atoms with E-state index in [2.05, 4.69) is 42.3 Å². The van der Waals surface area contributed by atoms with Crippen LogP contribution in [0, 0.1) is 20.8 Å². The van der Waals surface area contributed by atoms with Crippen molar-refractivity contribution >= 4 is 34.6 Å². The van der Waals surface area contributed by atoms with Crippen LogP contribution in [0.4, 0.5) is 5.69 Å². The van der Waals surface area contributed by atoms with Gasteiger partial charge in [-0.25, -0.2) is 0 Å². The zero-order valence-electron chi connectivity index (χ0n) is 14.8. The van der Waals surface area contributed by atoms with Crippen molar-refractivity contribution in [3.05, 3.63) is 57.6 Å². The molecule has 1 aliphatic rings. The lowest BCUT2D eigenvalue weighted by molar-refractivity contribution is 0.458. The fourth-order valence-electron chi connectivity index (χ4n) is 3.47. The smallest absolute Gasteiger partial charge is 0.173 e. The maximum Gasteiger partial charge on any atom is 0.173 e. The van der Waals surface area contributed by atoms with Crippen molar-refractivity contribution < 1.29 is 5.11 Å². The van der Waals surface area contributed by atoms with E-state index in [1.54, 1.807) is 6.07 Å². The SMILES string of the molecule is Cc1cc(C)cc(NC(=S)N2CCC(c3cc(C)c(Cl)cc3O)C2)c1. The molecule has 0 radical (unpaired) electrons. The summed E-state index contributed by atoms with van der Waals surface area (Å²) in [4.78, 5) is 2.17. The van der Waals surface area contributed by atoms with E-state index < -0.39 is 0 Å². The van der Waals surface area contributed by atoms with E-state index in [0.717, 1.165) is 41.4 Å². The van der Waals surface area contributed by atoms with Gasteiger partial charge in [0.25, 0.3) is 0 Å². The molecule has 3 rings (SSSR count). The van der Waals surface area contributed by atoms with Crippen LogP contribution >= 0.6 is 23.8 Å². The fraction of sp³-hybridized carbons (Fsp3) is 0.350. The van der Waals surface area contributed by atoms with Crippen LogP contribution in [0.15, 0.2) is 30.3 Å². The van der Waals surface area contributed by atoms with Crippen LogP contribution in [-0.4, -0.2) is 28.2 Å². The van der Waals surface area contributed by atoms with Crippen molar-refractivity contribution in [3.63, 3.8) is 0 Å². The monoisotopic (exact) mass is 374 g/mol. The second-order valence-electron chi connectivity index (χ2n) is 6.90. The van der Waals surface area contributed by atoms with Gasteiger partial charge >= 0.3 is 0 Å². The van der Waals surface area contributed by atoms with Crippen molar-refractivity contribution in [2.75, 3.05) is 18.4 Å². The van der Waals surface area contributed by atoms with E-state index in [-0.39, 0.29) is 11.7 Å². The zero-order chi connectivity index (χ0) is 18.1. The summed E-state index contributed by atoms with van der Waals surface area (Å²) in [6.45, 7) is 7.80. The number of benzene rings is 2. The van der Waals surface area contributed by atoms with Crippen LogP contribution in [0.25, 0.3) is 0 Å². The summed E-state index contributed by atoms with van der Waals surface area (Å²) in [5.41, 5.74) is 5.40. The highest BCUT2D eigenvalue weighted by Gasteiger charge is 2.27. The Bertz CT molecular complexity index is 801. The van der Waals surface area contributed by atoms with Crippen molar-refractivity contribution in [2.45, 2.75) is 33.1 Å². The first-order valence-electron chi connectivity index (χ1n) is 8.46. The van der Waals surface area contributed by atoms with Crippen molar-refractivity contribution in [2.24, 2.45) is 0 Å². The molecule has 0 saturated carbocycles. The van der Waals surface area contributed by atoms with Crippen molar-refractivity contribution in [1.82, 2.24) is 4.90 Å². The van der Waals surface area contributed by atoms with E-state index in [0.29, 0.717) is 5.02 Å². The second kappa shape index (κ2) is 7.22.